The Balaban J connectivity index is 1.65. The van der Waals surface area contributed by atoms with Crippen LogP contribution in [0.1, 0.15) is 30.1 Å². The van der Waals surface area contributed by atoms with Crippen molar-refractivity contribution in [2.45, 2.75) is 25.4 Å². The first-order valence-electron chi connectivity index (χ1n) is 7.29. The lowest BCUT2D eigenvalue weighted by atomic mass is 10.1. The molecule has 0 aliphatic heterocycles. The molecule has 0 bridgehead atoms. The number of nitrogens with one attached hydrogen (secondary N) is 1. The summed E-state index contributed by atoms with van der Waals surface area (Å²) in [5.41, 5.74) is 2.04. The van der Waals surface area contributed by atoms with Crippen LogP contribution in [0.25, 0.3) is 0 Å². The Morgan fingerprint density at radius 3 is 2.73 bits per heavy atom. The molecule has 5 heteroatoms. The number of aliphatic hydroxyl groups is 1. The average molecular weight is 319 g/mol. The molecule has 0 saturated heterocycles. The summed E-state index contributed by atoms with van der Waals surface area (Å²) in [7, 11) is 1.64. The van der Waals surface area contributed by atoms with E-state index in [0.29, 0.717) is 6.42 Å². The van der Waals surface area contributed by atoms with Crippen molar-refractivity contribution >= 4 is 17.2 Å². The number of rotatable bonds is 8. The molecule has 1 unspecified atom stereocenters. The number of thiophene rings is 1. The summed E-state index contributed by atoms with van der Waals surface area (Å²) in [4.78, 5) is 11.8. The van der Waals surface area contributed by atoms with E-state index in [1.54, 1.807) is 7.11 Å². The largest absolute Gasteiger partial charge is 0.497 e. The molecule has 0 saturated carbocycles. The van der Waals surface area contributed by atoms with Gasteiger partial charge in [0.1, 0.15) is 5.75 Å². The zero-order valence-corrected chi connectivity index (χ0v) is 13.4. The highest BCUT2D eigenvalue weighted by atomic mass is 32.1. The molecule has 1 amide bonds. The van der Waals surface area contributed by atoms with Crippen molar-refractivity contribution in [2.75, 3.05) is 13.7 Å². The van der Waals surface area contributed by atoms with Gasteiger partial charge in [0.05, 0.1) is 13.2 Å². The van der Waals surface area contributed by atoms with Crippen molar-refractivity contribution in [3.05, 3.63) is 52.2 Å². The van der Waals surface area contributed by atoms with Gasteiger partial charge in [0.25, 0.3) is 0 Å². The van der Waals surface area contributed by atoms with Gasteiger partial charge in [-0.2, -0.15) is 11.3 Å². The molecule has 0 fully saturated rings. The first-order valence-corrected chi connectivity index (χ1v) is 8.23. The number of aliphatic hydroxyl groups excluding tert-OH is 1. The minimum Gasteiger partial charge on any atom is -0.497 e. The summed E-state index contributed by atoms with van der Waals surface area (Å²) in [6.45, 7) is 0.262. The Hall–Kier alpha value is -1.85. The maximum Gasteiger partial charge on any atom is 0.220 e. The number of amides is 1. The fourth-order valence-corrected chi connectivity index (χ4v) is 2.83. The SMILES string of the molecule is COc1ccc(CCCC(=O)NCC(O)c2ccsc2)cc1. The summed E-state index contributed by atoms with van der Waals surface area (Å²) >= 11 is 1.53. The van der Waals surface area contributed by atoms with Crippen LogP contribution in [0.15, 0.2) is 41.1 Å². The van der Waals surface area contributed by atoms with E-state index >= 15 is 0 Å². The summed E-state index contributed by atoms with van der Waals surface area (Å²) < 4.78 is 5.11. The molecule has 2 N–H and O–H groups in total. The van der Waals surface area contributed by atoms with Crippen molar-refractivity contribution in [1.29, 1.82) is 0 Å². The van der Waals surface area contributed by atoms with Gasteiger partial charge in [0.15, 0.2) is 0 Å². The normalized spacial score (nSPS) is 11.9. The number of aryl methyl sites for hydroxylation is 1. The molecule has 118 valence electrons. The second-order valence-electron chi connectivity index (χ2n) is 5.08. The molecule has 4 nitrogen and oxygen atoms in total. The highest BCUT2D eigenvalue weighted by Crippen LogP contribution is 2.15. The first-order chi connectivity index (χ1) is 10.7. The highest BCUT2D eigenvalue weighted by Gasteiger charge is 2.09. The summed E-state index contributed by atoms with van der Waals surface area (Å²) in [5, 5.41) is 16.5. The summed E-state index contributed by atoms with van der Waals surface area (Å²) in [6, 6.07) is 9.73. The highest BCUT2D eigenvalue weighted by molar-refractivity contribution is 7.07. The van der Waals surface area contributed by atoms with Gasteiger partial charge in [-0.3, -0.25) is 4.79 Å². The molecule has 22 heavy (non-hydrogen) atoms. The monoisotopic (exact) mass is 319 g/mol. The van der Waals surface area contributed by atoms with Gasteiger partial charge in [-0.15, -0.1) is 0 Å². The van der Waals surface area contributed by atoms with Crippen LogP contribution < -0.4 is 10.1 Å². The predicted molar refractivity (Wildman–Crippen MR) is 88.2 cm³/mol. The van der Waals surface area contributed by atoms with Crippen LogP contribution in [0, 0.1) is 0 Å². The van der Waals surface area contributed by atoms with E-state index in [0.717, 1.165) is 24.2 Å². The lowest BCUT2D eigenvalue weighted by Crippen LogP contribution is -2.28. The van der Waals surface area contributed by atoms with Crippen LogP contribution in [0.5, 0.6) is 5.75 Å². The Kier molecular flexibility index (Phi) is 6.43. The molecular weight excluding hydrogens is 298 g/mol. The van der Waals surface area contributed by atoms with Crippen molar-refractivity contribution in [3.63, 3.8) is 0 Å². The van der Waals surface area contributed by atoms with Gasteiger partial charge >= 0.3 is 0 Å². The van der Waals surface area contributed by atoms with E-state index in [9.17, 15) is 9.90 Å². The molecule has 0 radical (unpaired) electrons. The van der Waals surface area contributed by atoms with Crippen molar-refractivity contribution < 1.29 is 14.6 Å². The van der Waals surface area contributed by atoms with E-state index in [-0.39, 0.29) is 12.5 Å². The van der Waals surface area contributed by atoms with Crippen LogP contribution in [-0.4, -0.2) is 24.7 Å². The minimum atomic E-state index is -0.628. The molecule has 2 rings (SSSR count). The maximum atomic E-state index is 11.8. The van der Waals surface area contributed by atoms with Gasteiger partial charge in [-0.25, -0.2) is 0 Å². The standard InChI is InChI=1S/C17H21NO3S/c1-21-15-7-5-13(6-8-15)3-2-4-17(20)18-11-16(19)14-9-10-22-12-14/h5-10,12,16,19H,2-4,11H2,1H3,(H,18,20). The zero-order chi connectivity index (χ0) is 15.8. The molecule has 1 aromatic heterocycles. The number of hydrogen-bond donors (Lipinski definition) is 2. The summed E-state index contributed by atoms with van der Waals surface area (Å²) in [6.07, 6.45) is 1.47. The predicted octanol–water partition coefficient (Wildman–Crippen LogP) is 2.93. The number of methoxy groups -OCH3 is 1. The zero-order valence-electron chi connectivity index (χ0n) is 12.6. The van der Waals surface area contributed by atoms with E-state index in [1.807, 2.05) is 41.1 Å². The third-order valence-electron chi connectivity index (χ3n) is 3.45. The van der Waals surface area contributed by atoms with E-state index in [2.05, 4.69) is 5.32 Å². The van der Waals surface area contributed by atoms with Gasteiger partial charge in [-0.1, -0.05) is 12.1 Å². The second-order valence-corrected chi connectivity index (χ2v) is 5.86. The van der Waals surface area contributed by atoms with Crippen LogP contribution in [0.4, 0.5) is 0 Å². The minimum absolute atomic E-state index is 0.0252. The fraction of sp³-hybridized carbons (Fsp3) is 0.353. The quantitative estimate of drug-likeness (QED) is 0.786. The van der Waals surface area contributed by atoms with Gasteiger partial charge < -0.3 is 15.2 Å². The van der Waals surface area contributed by atoms with E-state index in [1.165, 1.54) is 16.9 Å². The Morgan fingerprint density at radius 2 is 2.09 bits per heavy atom. The number of hydrogen-bond acceptors (Lipinski definition) is 4. The van der Waals surface area contributed by atoms with Crippen molar-refractivity contribution in [3.8, 4) is 5.75 Å². The van der Waals surface area contributed by atoms with Gasteiger partial charge in [-0.05, 0) is 52.9 Å². The molecule has 1 aromatic carbocycles. The number of carbonyl (C=O) groups excluding carboxylic acids is 1. The van der Waals surface area contributed by atoms with Crippen LogP contribution in [0.3, 0.4) is 0 Å². The lowest BCUT2D eigenvalue weighted by Gasteiger charge is -2.10. The van der Waals surface area contributed by atoms with Crippen LogP contribution in [-0.2, 0) is 11.2 Å². The molecule has 2 aromatic rings. The summed E-state index contributed by atoms with van der Waals surface area (Å²) in [5.74, 6) is 0.812. The molecule has 0 spiro atoms. The third kappa shape index (κ3) is 5.16. The van der Waals surface area contributed by atoms with E-state index in [4.69, 9.17) is 4.74 Å². The Labute approximate surface area is 134 Å². The smallest absolute Gasteiger partial charge is 0.220 e. The van der Waals surface area contributed by atoms with Crippen molar-refractivity contribution in [2.24, 2.45) is 0 Å². The first kappa shape index (κ1) is 16.5. The lowest BCUT2D eigenvalue weighted by molar-refractivity contribution is -0.121. The second kappa shape index (κ2) is 8.56. The van der Waals surface area contributed by atoms with Gasteiger partial charge in [0, 0.05) is 13.0 Å². The number of ether oxygens (including phenoxy) is 1. The van der Waals surface area contributed by atoms with Gasteiger partial charge in [0.2, 0.25) is 5.91 Å². The number of benzene rings is 1. The topological polar surface area (TPSA) is 58.6 Å². The maximum absolute atomic E-state index is 11.8. The third-order valence-corrected chi connectivity index (χ3v) is 4.15. The Bertz CT molecular complexity index is 566. The molecule has 0 aliphatic carbocycles. The van der Waals surface area contributed by atoms with Crippen molar-refractivity contribution in [1.82, 2.24) is 5.32 Å². The average Bonchev–Trinajstić information content (AvgIpc) is 3.08. The van der Waals surface area contributed by atoms with E-state index < -0.39 is 6.10 Å². The Morgan fingerprint density at radius 1 is 1.32 bits per heavy atom. The fourth-order valence-electron chi connectivity index (χ4n) is 2.13. The molecule has 1 heterocycles. The van der Waals surface area contributed by atoms with Crippen LogP contribution in [0.2, 0.25) is 0 Å². The molecule has 0 aliphatic rings. The molecule has 1 atom stereocenters. The van der Waals surface area contributed by atoms with Crippen LogP contribution >= 0.6 is 11.3 Å². The molecular formula is C17H21NO3S. The number of carbonyl (C=O) groups is 1.